The number of nitrogens with one attached hydrogen (secondary N) is 1. The van der Waals surface area contributed by atoms with Crippen LogP contribution < -0.4 is 5.32 Å². The number of fused-ring (bicyclic) bond motifs is 3. The molecule has 0 spiro atoms. The van der Waals surface area contributed by atoms with Gasteiger partial charge >= 0.3 is 0 Å². The third kappa shape index (κ3) is 2.98. The van der Waals surface area contributed by atoms with Crippen LogP contribution in [0.2, 0.25) is 5.02 Å². The fourth-order valence-electron chi connectivity index (χ4n) is 2.34. The number of benzene rings is 2. The van der Waals surface area contributed by atoms with Crippen molar-refractivity contribution in [1.82, 2.24) is 14.6 Å². The molecule has 0 aliphatic heterocycles. The van der Waals surface area contributed by atoms with E-state index in [1.54, 1.807) is 35.6 Å². The third-order valence-electron chi connectivity index (χ3n) is 3.35. The highest BCUT2D eigenvalue weighted by Gasteiger charge is 2.14. The molecule has 0 aliphatic carbocycles. The molecule has 2 aromatic carbocycles. The number of para-hydroxylation sites is 1. The molecule has 120 valence electrons. The minimum atomic E-state index is -0.112. The molecule has 5 nitrogen and oxygen atoms in total. The van der Waals surface area contributed by atoms with E-state index in [1.165, 1.54) is 11.8 Å². The predicted octanol–water partition coefficient (Wildman–Crippen LogP) is 4.33. The number of carbonyl (C=O) groups is 1. The van der Waals surface area contributed by atoms with Crippen molar-refractivity contribution in [3.05, 3.63) is 53.6 Å². The number of aromatic nitrogens is 3. The van der Waals surface area contributed by atoms with Crippen LogP contribution in [0.4, 0.5) is 5.69 Å². The smallest absolute Gasteiger partial charge is 0.234 e. The van der Waals surface area contributed by atoms with E-state index in [-0.39, 0.29) is 11.7 Å². The quantitative estimate of drug-likeness (QED) is 0.540. The van der Waals surface area contributed by atoms with Gasteiger partial charge in [-0.15, -0.1) is 10.2 Å². The second-order valence-corrected chi connectivity index (χ2v) is 7.41. The van der Waals surface area contributed by atoms with Crippen LogP contribution in [-0.4, -0.2) is 26.3 Å². The van der Waals surface area contributed by atoms with Gasteiger partial charge in [-0.2, -0.15) is 0 Å². The molecule has 0 saturated carbocycles. The van der Waals surface area contributed by atoms with Crippen molar-refractivity contribution in [1.29, 1.82) is 0 Å². The van der Waals surface area contributed by atoms with Gasteiger partial charge in [0.2, 0.25) is 10.9 Å². The maximum atomic E-state index is 12.1. The van der Waals surface area contributed by atoms with Crippen LogP contribution in [0.3, 0.4) is 0 Å². The number of thiazole rings is 1. The maximum absolute atomic E-state index is 12.1. The molecule has 0 fully saturated rings. The topological polar surface area (TPSA) is 59.3 Å². The van der Waals surface area contributed by atoms with E-state index in [1.807, 2.05) is 22.6 Å². The van der Waals surface area contributed by atoms with E-state index in [2.05, 4.69) is 21.6 Å². The van der Waals surface area contributed by atoms with E-state index >= 15 is 0 Å². The van der Waals surface area contributed by atoms with Crippen LogP contribution >= 0.6 is 34.7 Å². The molecule has 2 heterocycles. The summed E-state index contributed by atoms with van der Waals surface area (Å²) in [5.41, 5.74) is 1.74. The molecule has 0 bridgehead atoms. The van der Waals surface area contributed by atoms with Crippen LogP contribution in [0, 0.1) is 0 Å². The maximum Gasteiger partial charge on any atom is 0.234 e. The van der Waals surface area contributed by atoms with Crippen LogP contribution in [0.5, 0.6) is 0 Å². The van der Waals surface area contributed by atoms with Gasteiger partial charge in [0.1, 0.15) is 0 Å². The summed E-state index contributed by atoms with van der Waals surface area (Å²) in [4.78, 5) is 13.0. The Morgan fingerprint density at radius 1 is 1.21 bits per heavy atom. The summed E-state index contributed by atoms with van der Waals surface area (Å²) in [7, 11) is 0. The predicted molar refractivity (Wildman–Crippen MR) is 99.2 cm³/mol. The third-order valence-corrected chi connectivity index (χ3v) is 5.53. The van der Waals surface area contributed by atoms with E-state index < -0.39 is 0 Å². The second-order valence-electron chi connectivity index (χ2n) is 5.02. The molecule has 4 aromatic rings. The lowest BCUT2D eigenvalue weighted by atomic mass is 10.3. The first kappa shape index (κ1) is 15.4. The van der Waals surface area contributed by atoms with Gasteiger partial charge in [0.25, 0.3) is 0 Å². The van der Waals surface area contributed by atoms with Crippen molar-refractivity contribution >= 4 is 61.5 Å². The zero-order chi connectivity index (χ0) is 16.5. The van der Waals surface area contributed by atoms with Crippen molar-refractivity contribution in [2.45, 2.75) is 5.16 Å². The van der Waals surface area contributed by atoms with Crippen LogP contribution in [0.15, 0.2) is 53.7 Å². The molecule has 1 amide bonds. The standard InChI is InChI=1S/C16H11ClN4OS2/c17-10-4-3-5-11(8-10)18-14(22)9-23-15-19-20-16-21(15)12-6-1-2-7-13(12)24-16/h1-8H,9H2,(H,18,22). The van der Waals surface area contributed by atoms with E-state index in [0.717, 1.165) is 15.2 Å². The molecule has 4 rings (SSSR count). The number of thioether (sulfide) groups is 1. The second kappa shape index (κ2) is 6.43. The summed E-state index contributed by atoms with van der Waals surface area (Å²) in [5, 5.41) is 12.5. The van der Waals surface area contributed by atoms with E-state index in [0.29, 0.717) is 15.9 Å². The number of halogens is 1. The minimum Gasteiger partial charge on any atom is -0.325 e. The van der Waals surface area contributed by atoms with Crippen molar-refractivity contribution in [3.8, 4) is 0 Å². The summed E-state index contributed by atoms with van der Waals surface area (Å²) in [6.45, 7) is 0. The lowest BCUT2D eigenvalue weighted by Crippen LogP contribution is -2.14. The van der Waals surface area contributed by atoms with Gasteiger partial charge in [0.15, 0.2) is 5.16 Å². The van der Waals surface area contributed by atoms with Crippen LogP contribution in [0.25, 0.3) is 15.2 Å². The number of amides is 1. The van der Waals surface area contributed by atoms with Gasteiger partial charge in [-0.25, -0.2) is 0 Å². The zero-order valence-electron chi connectivity index (χ0n) is 12.3. The minimum absolute atomic E-state index is 0.112. The van der Waals surface area contributed by atoms with Gasteiger partial charge in [-0.1, -0.05) is 52.9 Å². The summed E-state index contributed by atoms with van der Waals surface area (Å²) < 4.78 is 3.13. The largest absolute Gasteiger partial charge is 0.325 e. The Hall–Kier alpha value is -2.09. The summed E-state index contributed by atoms with van der Waals surface area (Å²) in [5.74, 6) is 0.135. The number of nitrogens with zero attached hydrogens (tertiary/aromatic N) is 3. The van der Waals surface area contributed by atoms with Crippen LogP contribution in [-0.2, 0) is 4.79 Å². The molecule has 0 atom stereocenters. The Kier molecular flexibility index (Phi) is 4.13. The molecule has 2 aromatic heterocycles. The Morgan fingerprint density at radius 3 is 2.96 bits per heavy atom. The summed E-state index contributed by atoms with van der Waals surface area (Å²) in [6, 6.07) is 15.1. The van der Waals surface area contributed by atoms with Gasteiger partial charge in [0.05, 0.1) is 16.0 Å². The lowest BCUT2D eigenvalue weighted by Gasteiger charge is -2.04. The number of rotatable bonds is 4. The monoisotopic (exact) mass is 374 g/mol. The summed E-state index contributed by atoms with van der Waals surface area (Å²) >= 11 is 8.86. The average molecular weight is 375 g/mol. The zero-order valence-corrected chi connectivity index (χ0v) is 14.7. The summed E-state index contributed by atoms with van der Waals surface area (Å²) in [6.07, 6.45) is 0. The highest BCUT2D eigenvalue weighted by atomic mass is 35.5. The molecule has 0 saturated heterocycles. The highest BCUT2D eigenvalue weighted by molar-refractivity contribution is 7.99. The molecule has 24 heavy (non-hydrogen) atoms. The number of anilines is 1. The van der Waals surface area contributed by atoms with E-state index in [4.69, 9.17) is 11.6 Å². The molecular weight excluding hydrogens is 364 g/mol. The van der Waals surface area contributed by atoms with Crippen molar-refractivity contribution in [2.75, 3.05) is 11.1 Å². The molecule has 0 unspecified atom stereocenters. The molecule has 0 aliphatic rings. The van der Waals surface area contributed by atoms with Gasteiger partial charge in [-0.05, 0) is 30.3 Å². The van der Waals surface area contributed by atoms with E-state index in [9.17, 15) is 4.79 Å². The van der Waals surface area contributed by atoms with Crippen LogP contribution in [0.1, 0.15) is 0 Å². The Balaban J connectivity index is 1.51. The van der Waals surface area contributed by atoms with Crippen molar-refractivity contribution < 1.29 is 4.79 Å². The Bertz CT molecular complexity index is 1040. The molecule has 8 heteroatoms. The fraction of sp³-hybridized carbons (Fsp3) is 0.0625. The molecule has 0 radical (unpaired) electrons. The first-order valence-corrected chi connectivity index (χ1v) is 9.29. The van der Waals surface area contributed by atoms with Crippen molar-refractivity contribution in [2.24, 2.45) is 0 Å². The highest BCUT2D eigenvalue weighted by Crippen LogP contribution is 2.29. The number of hydrogen-bond acceptors (Lipinski definition) is 5. The first-order chi connectivity index (χ1) is 11.7. The molecule has 1 N–H and O–H groups in total. The molecular formula is C16H11ClN4OS2. The number of carbonyl (C=O) groups excluding carboxylic acids is 1. The van der Waals surface area contributed by atoms with Gasteiger partial charge in [-0.3, -0.25) is 9.20 Å². The average Bonchev–Trinajstić information content (AvgIpc) is 3.12. The fourth-order valence-corrected chi connectivity index (χ4v) is 4.30. The van der Waals surface area contributed by atoms with Gasteiger partial charge in [0, 0.05) is 10.7 Å². The Morgan fingerprint density at radius 2 is 2.08 bits per heavy atom. The van der Waals surface area contributed by atoms with Gasteiger partial charge < -0.3 is 5.32 Å². The Labute approximate surface area is 150 Å². The normalized spacial score (nSPS) is 11.2. The first-order valence-electron chi connectivity index (χ1n) is 7.11. The van der Waals surface area contributed by atoms with Crippen molar-refractivity contribution in [3.63, 3.8) is 0 Å². The number of hydrogen-bond donors (Lipinski definition) is 1. The lowest BCUT2D eigenvalue weighted by molar-refractivity contribution is -0.113. The SMILES string of the molecule is O=C(CSc1nnc2sc3ccccc3n12)Nc1cccc(Cl)c1.